The number of rotatable bonds is 3. The van der Waals surface area contributed by atoms with Gasteiger partial charge in [-0.1, -0.05) is 36.5 Å². The molecule has 2 heterocycles. The summed E-state index contributed by atoms with van der Waals surface area (Å²) < 4.78 is 3.04. The molecule has 18 heavy (non-hydrogen) atoms. The van der Waals surface area contributed by atoms with E-state index < -0.39 is 8.07 Å². The van der Waals surface area contributed by atoms with E-state index in [2.05, 4.69) is 57.5 Å². The monoisotopic (exact) mass is 392 g/mol. The molecule has 0 bridgehead atoms. The number of hydrogen-bond acceptors (Lipinski definition) is 3. The summed E-state index contributed by atoms with van der Waals surface area (Å²) in [4.78, 5) is 4.07. The number of pyridine rings is 1. The Morgan fingerprint density at radius 3 is 2.61 bits per heavy atom. The maximum absolute atomic E-state index is 5.78. The molecule has 2 rings (SSSR count). The molecule has 0 unspecified atom stereocenters. The van der Waals surface area contributed by atoms with Crippen LogP contribution in [0.25, 0.3) is 11.3 Å². The van der Waals surface area contributed by atoms with Gasteiger partial charge in [0.2, 0.25) is 0 Å². The van der Waals surface area contributed by atoms with Crippen LogP contribution < -0.4 is 0 Å². The van der Waals surface area contributed by atoms with Gasteiger partial charge in [0.05, 0.1) is 8.07 Å². The van der Waals surface area contributed by atoms with Crippen molar-refractivity contribution in [2.75, 3.05) is 0 Å². The van der Waals surface area contributed by atoms with Crippen LogP contribution in [-0.4, -0.2) is 28.1 Å². The fourth-order valence-electron chi connectivity index (χ4n) is 1.54. The third-order valence-electron chi connectivity index (χ3n) is 2.30. The Morgan fingerprint density at radius 2 is 2.06 bits per heavy atom. The Balaban J connectivity index is 2.33. The fourth-order valence-corrected chi connectivity index (χ4v) is 3.78. The quantitative estimate of drug-likeness (QED) is 0.456. The molecule has 0 aliphatic carbocycles. The second kappa shape index (κ2) is 5.26. The topological polar surface area (TPSA) is 43.6 Å². The minimum absolute atomic E-state index is 0.489. The van der Waals surface area contributed by atoms with Crippen LogP contribution in [0, 0.1) is 3.70 Å². The zero-order valence-corrected chi connectivity index (χ0v) is 14.4. The van der Waals surface area contributed by atoms with E-state index in [1.807, 2.05) is 10.7 Å². The van der Waals surface area contributed by atoms with Crippen molar-refractivity contribution in [2.45, 2.75) is 25.8 Å². The number of hydrogen-bond donors (Lipinski definition) is 0. The lowest BCUT2D eigenvalue weighted by molar-refractivity contribution is 0.667. The van der Waals surface area contributed by atoms with Gasteiger partial charge in [0.15, 0.2) is 0 Å². The first kappa shape index (κ1) is 13.9. The van der Waals surface area contributed by atoms with Gasteiger partial charge in [-0.2, -0.15) is 0 Å². The normalized spacial score (nSPS) is 11.8. The zero-order chi connectivity index (χ0) is 13.3. The molecule has 0 spiro atoms. The summed E-state index contributed by atoms with van der Waals surface area (Å²) >= 11 is 8.07. The molecule has 0 saturated heterocycles. The molecule has 0 radical (unpaired) electrons. The van der Waals surface area contributed by atoms with Crippen molar-refractivity contribution in [3.63, 3.8) is 0 Å². The van der Waals surface area contributed by atoms with Gasteiger partial charge in [-0.15, -0.1) is 5.10 Å². The highest BCUT2D eigenvalue weighted by molar-refractivity contribution is 14.1. The smallest absolute Gasteiger partial charge is 0.129 e. The van der Waals surface area contributed by atoms with Gasteiger partial charge in [0, 0.05) is 17.9 Å². The lowest BCUT2D eigenvalue weighted by Gasteiger charge is -2.15. The van der Waals surface area contributed by atoms with Crippen molar-refractivity contribution in [1.29, 1.82) is 0 Å². The van der Waals surface area contributed by atoms with Gasteiger partial charge in [0.25, 0.3) is 0 Å². The molecule has 0 amide bonds. The molecule has 7 heteroatoms. The van der Waals surface area contributed by atoms with E-state index in [4.69, 9.17) is 11.6 Å². The first-order chi connectivity index (χ1) is 8.37. The van der Waals surface area contributed by atoms with E-state index in [0.717, 1.165) is 21.1 Å². The Bertz CT molecular complexity index is 547. The molecular formula is C11H14ClIN4Si. The third kappa shape index (κ3) is 3.30. The number of nitrogens with zero attached hydrogens (tertiary/aromatic N) is 4. The summed E-state index contributed by atoms with van der Waals surface area (Å²) in [6.07, 6.45) is 2.70. The van der Waals surface area contributed by atoms with Crippen LogP contribution in [0.1, 0.15) is 0 Å². The highest BCUT2D eigenvalue weighted by Gasteiger charge is 2.19. The Hall–Kier alpha value is -0.473. The Kier molecular flexibility index (Phi) is 4.07. The molecule has 0 fully saturated rings. The van der Waals surface area contributed by atoms with Crippen molar-refractivity contribution in [3.05, 3.63) is 27.2 Å². The highest BCUT2D eigenvalue weighted by atomic mass is 127. The van der Waals surface area contributed by atoms with E-state index in [0.29, 0.717) is 5.15 Å². The summed E-state index contributed by atoms with van der Waals surface area (Å²) in [6.45, 7) is 6.94. The molecule has 0 aromatic carbocycles. The molecule has 2 aromatic heterocycles. The molecule has 2 aromatic rings. The van der Waals surface area contributed by atoms with Crippen molar-refractivity contribution in [1.82, 2.24) is 20.0 Å². The average Bonchev–Trinajstić information content (AvgIpc) is 2.60. The van der Waals surface area contributed by atoms with Crippen molar-refractivity contribution in [2.24, 2.45) is 0 Å². The SMILES string of the molecule is C[Si](C)(C)Cn1nnc(-c2ccc(Cl)nc2)c1I. The maximum Gasteiger partial charge on any atom is 0.129 e. The summed E-state index contributed by atoms with van der Waals surface area (Å²) in [5.41, 5.74) is 1.82. The van der Waals surface area contributed by atoms with E-state index >= 15 is 0 Å². The van der Waals surface area contributed by atoms with Gasteiger partial charge in [-0.3, -0.25) is 0 Å². The molecule has 0 saturated carbocycles. The fraction of sp³-hybridized carbons (Fsp3) is 0.364. The summed E-state index contributed by atoms with van der Waals surface area (Å²) in [6, 6.07) is 3.69. The van der Waals surface area contributed by atoms with Crippen LogP contribution in [0.5, 0.6) is 0 Å². The van der Waals surface area contributed by atoms with Crippen LogP contribution in [0.4, 0.5) is 0 Å². The van der Waals surface area contributed by atoms with Gasteiger partial charge in [-0.25, -0.2) is 9.67 Å². The molecule has 0 aliphatic rings. The van der Waals surface area contributed by atoms with Crippen molar-refractivity contribution in [3.8, 4) is 11.3 Å². The second-order valence-corrected chi connectivity index (χ2v) is 12.2. The van der Waals surface area contributed by atoms with E-state index in [-0.39, 0.29) is 0 Å². The van der Waals surface area contributed by atoms with Gasteiger partial charge in [-0.05, 0) is 34.7 Å². The Morgan fingerprint density at radius 1 is 1.33 bits per heavy atom. The molecule has 4 nitrogen and oxygen atoms in total. The lowest BCUT2D eigenvalue weighted by atomic mass is 10.2. The molecule has 0 aliphatic heterocycles. The second-order valence-electron chi connectivity index (χ2n) is 5.32. The maximum atomic E-state index is 5.78. The number of halogens is 2. The van der Waals surface area contributed by atoms with Crippen molar-refractivity contribution >= 4 is 42.3 Å². The van der Waals surface area contributed by atoms with Crippen molar-refractivity contribution < 1.29 is 0 Å². The molecule has 96 valence electrons. The molecule has 0 atom stereocenters. The average molecular weight is 393 g/mol. The summed E-state index contributed by atoms with van der Waals surface area (Å²) in [7, 11) is -1.21. The summed E-state index contributed by atoms with van der Waals surface area (Å²) in [5.74, 6) is 0. The largest absolute Gasteiger partial charge is 0.244 e. The first-order valence-corrected chi connectivity index (χ1v) is 10.7. The van der Waals surface area contributed by atoms with Gasteiger partial charge in [0.1, 0.15) is 14.5 Å². The minimum atomic E-state index is -1.21. The van der Waals surface area contributed by atoms with Crippen LogP contribution in [-0.2, 0) is 6.17 Å². The highest BCUT2D eigenvalue weighted by Crippen LogP contribution is 2.23. The standard InChI is InChI=1S/C11H14ClIN4Si/c1-18(2,3)7-17-11(13)10(15-16-17)8-4-5-9(12)14-6-8/h4-6H,7H2,1-3H3. The first-order valence-electron chi connectivity index (χ1n) is 5.58. The number of aromatic nitrogens is 4. The van der Waals surface area contributed by atoms with E-state index in [1.54, 1.807) is 12.3 Å². The minimum Gasteiger partial charge on any atom is -0.244 e. The third-order valence-corrected chi connectivity index (χ3v) is 4.84. The Labute approximate surface area is 126 Å². The van der Waals surface area contributed by atoms with Crippen LogP contribution in [0.15, 0.2) is 18.3 Å². The molecule has 0 N–H and O–H groups in total. The zero-order valence-electron chi connectivity index (χ0n) is 10.5. The van der Waals surface area contributed by atoms with Crippen LogP contribution in [0.2, 0.25) is 24.8 Å². The van der Waals surface area contributed by atoms with Gasteiger partial charge < -0.3 is 0 Å². The summed E-state index contributed by atoms with van der Waals surface area (Å²) in [5, 5.41) is 8.97. The van der Waals surface area contributed by atoms with Gasteiger partial charge >= 0.3 is 0 Å². The predicted molar refractivity (Wildman–Crippen MR) is 84.3 cm³/mol. The molecular weight excluding hydrogens is 379 g/mol. The van der Waals surface area contributed by atoms with Crippen LogP contribution >= 0.6 is 34.2 Å². The predicted octanol–water partition coefficient (Wildman–Crippen LogP) is 3.48. The van der Waals surface area contributed by atoms with E-state index in [1.165, 1.54) is 0 Å². The lowest BCUT2D eigenvalue weighted by Crippen LogP contribution is -2.29. The van der Waals surface area contributed by atoms with Crippen LogP contribution in [0.3, 0.4) is 0 Å². The van der Waals surface area contributed by atoms with E-state index in [9.17, 15) is 0 Å².